The second kappa shape index (κ2) is 7.35. The summed E-state index contributed by atoms with van der Waals surface area (Å²) in [6.45, 7) is 8.72. The summed E-state index contributed by atoms with van der Waals surface area (Å²) in [7, 11) is 0. The largest absolute Gasteiger partial charge is 0.508 e. The molecule has 2 aromatic rings. The molecule has 0 aliphatic heterocycles. The number of ether oxygens (including phenoxy) is 1. The highest BCUT2D eigenvalue weighted by Gasteiger charge is 2.07. The number of hydrogen-bond donors (Lipinski definition) is 1. The number of aromatic hydroxyl groups is 1. The van der Waals surface area contributed by atoms with Crippen LogP contribution in [0.4, 0.5) is 0 Å². The minimum atomic E-state index is 0.341. The first kappa shape index (κ1) is 16.4. The van der Waals surface area contributed by atoms with Gasteiger partial charge in [-0.2, -0.15) is 0 Å². The monoisotopic (exact) mass is 298 g/mol. The number of rotatable bonds is 6. The molecule has 22 heavy (non-hydrogen) atoms. The van der Waals surface area contributed by atoms with Gasteiger partial charge in [-0.15, -0.1) is 0 Å². The normalized spacial score (nSPS) is 11.2. The van der Waals surface area contributed by atoms with Crippen LogP contribution in [0.1, 0.15) is 38.8 Å². The van der Waals surface area contributed by atoms with Crippen molar-refractivity contribution in [3.63, 3.8) is 0 Å². The van der Waals surface area contributed by atoms with Crippen molar-refractivity contribution >= 4 is 0 Å². The Hall–Kier alpha value is -1.96. The molecule has 2 rings (SSSR count). The van der Waals surface area contributed by atoms with Crippen molar-refractivity contribution in [2.45, 2.75) is 40.5 Å². The van der Waals surface area contributed by atoms with Crippen molar-refractivity contribution < 1.29 is 9.84 Å². The summed E-state index contributed by atoms with van der Waals surface area (Å²) in [5, 5.41) is 9.91. The summed E-state index contributed by atoms with van der Waals surface area (Å²) in [6.07, 6.45) is 1.92. The van der Waals surface area contributed by atoms with Crippen molar-refractivity contribution in [3.05, 3.63) is 53.6 Å². The summed E-state index contributed by atoms with van der Waals surface area (Å²) in [5.41, 5.74) is 2.26. The zero-order chi connectivity index (χ0) is 16.1. The van der Waals surface area contributed by atoms with Crippen LogP contribution in [0, 0.1) is 11.8 Å². The van der Waals surface area contributed by atoms with E-state index < -0.39 is 0 Å². The molecule has 2 aromatic carbocycles. The first-order chi connectivity index (χ1) is 10.4. The SMILES string of the molecule is CC(C)Cc1ccc(Oc2ccc(O)c(CC(C)C)c2)cc1. The van der Waals surface area contributed by atoms with Crippen LogP contribution in [-0.2, 0) is 12.8 Å². The predicted octanol–water partition coefficient (Wildman–Crippen LogP) is 5.58. The fraction of sp³-hybridized carbons (Fsp3) is 0.400. The summed E-state index contributed by atoms with van der Waals surface area (Å²) in [6, 6.07) is 13.7. The highest BCUT2D eigenvalue weighted by molar-refractivity contribution is 5.42. The molecule has 0 saturated carbocycles. The summed E-state index contributed by atoms with van der Waals surface area (Å²) in [4.78, 5) is 0. The van der Waals surface area contributed by atoms with Gasteiger partial charge in [0.25, 0.3) is 0 Å². The average molecular weight is 298 g/mol. The van der Waals surface area contributed by atoms with E-state index in [1.165, 1.54) is 5.56 Å². The Morgan fingerprint density at radius 3 is 2.00 bits per heavy atom. The summed E-state index contributed by atoms with van der Waals surface area (Å²) >= 11 is 0. The molecule has 0 spiro atoms. The van der Waals surface area contributed by atoms with E-state index in [4.69, 9.17) is 4.74 Å². The van der Waals surface area contributed by atoms with Crippen LogP contribution in [0.5, 0.6) is 17.2 Å². The first-order valence-electron chi connectivity index (χ1n) is 8.02. The van der Waals surface area contributed by atoms with E-state index >= 15 is 0 Å². The van der Waals surface area contributed by atoms with E-state index in [-0.39, 0.29) is 0 Å². The molecule has 0 amide bonds. The van der Waals surface area contributed by atoms with E-state index in [0.29, 0.717) is 17.6 Å². The fourth-order valence-electron chi connectivity index (χ4n) is 2.53. The molecule has 0 fully saturated rings. The lowest BCUT2D eigenvalue weighted by Gasteiger charge is -2.11. The van der Waals surface area contributed by atoms with Gasteiger partial charge in [0.05, 0.1) is 0 Å². The maximum atomic E-state index is 9.91. The van der Waals surface area contributed by atoms with Gasteiger partial charge in [0, 0.05) is 0 Å². The molecule has 0 aliphatic rings. The van der Waals surface area contributed by atoms with E-state index in [1.807, 2.05) is 18.2 Å². The third-order valence-corrected chi connectivity index (χ3v) is 3.48. The summed E-state index contributed by atoms with van der Waals surface area (Å²) < 4.78 is 5.90. The molecular weight excluding hydrogens is 272 g/mol. The van der Waals surface area contributed by atoms with Crippen LogP contribution in [0.25, 0.3) is 0 Å². The smallest absolute Gasteiger partial charge is 0.127 e. The Morgan fingerprint density at radius 2 is 1.41 bits per heavy atom. The van der Waals surface area contributed by atoms with Crippen LogP contribution in [0.15, 0.2) is 42.5 Å². The molecule has 2 nitrogen and oxygen atoms in total. The molecular formula is C20H26O2. The van der Waals surface area contributed by atoms with Crippen LogP contribution in [-0.4, -0.2) is 5.11 Å². The quantitative estimate of drug-likeness (QED) is 0.754. The van der Waals surface area contributed by atoms with Gasteiger partial charge in [-0.05, 0) is 66.1 Å². The Balaban J connectivity index is 2.10. The minimum absolute atomic E-state index is 0.341. The molecule has 1 N–H and O–H groups in total. The lowest BCUT2D eigenvalue weighted by Crippen LogP contribution is -1.96. The van der Waals surface area contributed by atoms with E-state index in [9.17, 15) is 5.11 Å². The number of hydrogen-bond acceptors (Lipinski definition) is 2. The second-order valence-electron chi connectivity index (χ2n) is 6.73. The van der Waals surface area contributed by atoms with Crippen molar-refractivity contribution in [1.29, 1.82) is 0 Å². The van der Waals surface area contributed by atoms with Crippen molar-refractivity contribution in [2.75, 3.05) is 0 Å². The Morgan fingerprint density at radius 1 is 0.818 bits per heavy atom. The maximum absolute atomic E-state index is 9.91. The van der Waals surface area contributed by atoms with Crippen LogP contribution in [0.3, 0.4) is 0 Å². The second-order valence-corrected chi connectivity index (χ2v) is 6.73. The van der Waals surface area contributed by atoms with Crippen LogP contribution < -0.4 is 4.74 Å². The highest BCUT2D eigenvalue weighted by Crippen LogP contribution is 2.29. The lowest BCUT2D eigenvalue weighted by atomic mass is 10.0. The van der Waals surface area contributed by atoms with Crippen LogP contribution >= 0.6 is 0 Å². The molecule has 0 heterocycles. The van der Waals surface area contributed by atoms with Gasteiger partial charge in [-0.3, -0.25) is 0 Å². The molecule has 0 unspecified atom stereocenters. The highest BCUT2D eigenvalue weighted by atomic mass is 16.5. The number of phenols is 1. The zero-order valence-corrected chi connectivity index (χ0v) is 14.0. The van der Waals surface area contributed by atoms with Crippen molar-refractivity contribution in [3.8, 4) is 17.2 Å². The van der Waals surface area contributed by atoms with Gasteiger partial charge < -0.3 is 9.84 Å². The molecule has 2 heteroatoms. The average Bonchev–Trinajstić information content (AvgIpc) is 2.43. The molecule has 0 radical (unpaired) electrons. The van der Waals surface area contributed by atoms with Crippen molar-refractivity contribution in [1.82, 2.24) is 0 Å². The summed E-state index contributed by atoms with van der Waals surface area (Å²) in [5.74, 6) is 3.09. The Labute approximate surface area is 133 Å². The lowest BCUT2D eigenvalue weighted by molar-refractivity contribution is 0.452. The van der Waals surface area contributed by atoms with Gasteiger partial charge in [0.2, 0.25) is 0 Å². The standard InChI is InChI=1S/C20H26O2/c1-14(2)11-16-5-7-18(8-6-16)22-19-9-10-20(21)17(13-19)12-15(3)4/h5-10,13-15,21H,11-12H2,1-4H3. The van der Waals surface area contributed by atoms with Crippen molar-refractivity contribution in [2.24, 2.45) is 11.8 Å². The van der Waals surface area contributed by atoms with Gasteiger partial charge in [-0.1, -0.05) is 39.8 Å². The molecule has 0 aromatic heterocycles. The maximum Gasteiger partial charge on any atom is 0.127 e. The number of phenolic OH excluding ortho intramolecular Hbond substituents is 1. The molecule has 0 atom stereocenters. The van der Waals surface area contributed by atoms with Gasteiger partial charge in [0.1, 0.15) is 17.2 Å². The topological polar surface area (TPSA) is 29.5 Å². The third-order valence-electron chi connectivity index (χ3n) is 3.48. The number of benzene rings is 2. The molecule has 0 aliphatic carbocycles. The van der Waals surface area contributed by atoms with Gasteiger partial charge >= 0.3 is 0 Å². The molecule has 0 bridgehead atoms. The first-order valence-corrected chi connectivity index (χ1v) is 8.02. The third kappa shape index (κ3) is 4.80. The Kier molecular flexibility index (Phi) is 5.48. The fourth-order valence-corrected chi connectivity index (χ4v) is 2.53. The minimum Gasteiger partial charge on any atom is -0.508 e. The van der Waals surface area contributed by atoms with E-state index in [0.717, 1.165) is 29.9 Å². The predicted molar refractivity (Wildman–Crippen MR) is 91.7 cm³/mol. The van der Waals surface area contributed by atoms with E-state index in [2.05, 4.69) is 39.8 Å². The van der Waals surface area contributed by atoms with E-state index in [1.54, 1.807) is 12.1 Å². The Bertz CT molecular complexity index is 598. The molecule has 118 valence electrons. The van der Waals surface area contributed by atoms with Gasteiger partial charge in [0.15, 0.2) is 0 Å². The molecule has 0 saturated heterocycles. The van der Waals surface area contributed by atoms with Gasteiger partial charge in [-0.25, -0.2) is 0 Å². The zero-order valence-electron chi connectivity index (χ0n) is 14.0. The van der Waals surface area contributed by atoms with Crippen LogP contribution in [0.2, 0.25) is 0 Å².